The highest BCUT2D eigenvalue weighted by Crippen LogP contribution is 2.43. The third-order valence-electron chi connectivity index (χ3n) is 5.71. The van der Waals surface area contributed by atoms with E-state index in [1.165, 1.54) is 51.6 Å². The summed E-state index contributed by atoms with van der Waals surface area (Å²) in [4.78, 5) is 2.63. The predicted molar refractivity (Wildman–Crippen MR) is 69.8 cm³/mol. The van der Waals surface area contributed by atoms with Gasteiger partial charge in [0.15, 0.2) is 0 Å². The molecule has 3 aliphatic rings. The lowest BCUT2D eigenvalue weighted by atomic mass is 9.72. The van der Waals surface area contributed by atoms with Crippen molar-refractivity contribution in [1.29, 1.82) is 0 Å². The van der Waals surface area contributed by atoms with E-state index < -0.39 is 0 Å². The van der Waals surface area contributed by atoms with Crippen molar-refractivity contribution in [1.82, 2.24) is 4.90 Å². The predicted octanol–water partition coefficient (Wildman–Crippen LogP) is 2.66. The van der Waals surface area contributed by atoms with E-state index in [1.807, 2.05) is 0 Å². The molecule has 98 valence electrons. The van der Waals surface area contributed by atoms with Crippen molar-refractivity contribution in [2.24, 2.45) is 17.3 Å². The Bertz CT molecular complexity index is 277. The molecule has 3 rings (SSSR count). The van der Waals surface area contributed by atoms with Crippen LogP contribution in [0.5, 0.6) is 0 Å². The molecule has 2 saturated carbocycles. The molecule has 0 aromatic heterocycles. The molecule has 0 aromatic rings. The fourth-order valence-corrected chi connectivity index (χ4v) is 4.52. The van der Waals surface area contributed by atoms with Gasteiger partial charge in [-0.2, -0.15) is 0 Å². The first-order valence-electron chi connectivity index (χ1n) is 7.50. The normalized spacial score (nSPS) is 46.1. The Hall–Kier alpha value is -0.0800. The van der Waals surface area contributed by atoms with Crippen molar-refractivity contribution < 1.29 is 5.11 Å². The summed E-state index contributed by atoms with van der Waals surface area (Å²) in [7, 11) is 0. The van der Waals surface area contributed by atoms with E-state index in [4.69, 9.17) is 0 Å². The Labute approximate surface area is 105 Å². The molecular weight excluding hydrogens is 210 g/mol. The maximum Gasteiger partial charge on any atom is 0.0746 e. The van der Waals surface area contributed by atoms with E-state index in [0.717, 1.165) is 11.8 Å². The molecule has 0 aromatic carbocycles. The van der Waals surface area contributed by atoms with Crippen LogP contribution in [0.3, 0.4) is 0 Å². The van der Waals surface area contributed by atoms with E-state index in [0.29, 0.717) is 6.04 Å². The summed E-state index contributed by atoms with van der Waals surface area (Å²) in [6.45, 7) is 7.01. The fraction of sp³-hybridized carbons (Fsp3) is 1.00. The van der Waals surface area contributed by atoms with Gasteiger partial charge in [0.1, 0.15) is 0 Å². The molecule has 3 fully saturated rings. The van der Waals surface area contributed by atoms with Crippen LogP contribution in [0.15, 0.2) is 0 Å². The van der Waals surface area contributed by atoms with E-state index >= 15 is 0 Å². The summed E-state index contributed by atoms with van der Waals surface area (Å²) in [5, 5.41) is 10.6. The summed E-state index contributed by atoms with van der Waals surface area (Å²) >= 11 is 0. The second-order valence-electron chi connectivity index (χ2n) is 7.30. The smallest absolute Gasteiger partial charge is 0.0746 e. The highest BCUT2D eigenvalue weighted by molar-refractivity contribution is 4.98. The molecule has 4 unspecified atom stereocenters. The van der Waals surface area contributed by atoms with Gasteiger partial charge < -0.3 is 5.11 Å². The zero-order valence-electron chi connectivity index (χ0n) is 11.4. The van der Waals surface area contributed by atoms with Gasteiger partial charge in [0.05, 0.1) is 6.10 Å². The summed E-state index contributed by atoms with van der Waals surface area (Å²) in [5.41, 5.74) is 0.126. The van der Waals surface area contributed by atoms with Gasteiger partial charge in [0.2, 0.25) is 0 Å². The second kappa shape index (κ2) is 4.24. The zero-order valence-corrected chi connectivity index (χ0v) is 11.4. The summed E-state index contributed by atoms with van der Waals surface area (Å²) in [5.74, 6) is 1.90. The number of likely N-dealkylation sites (tertiary alicyclic amines) is 1. The molecule has 0 radical (unpaired) electrons. The molecule has 0 amide bonds. The van der Waals surface area contributed by atoms with Crippen LogP contribution in [0.2, 0.25) is 0 Å². The number of aliphatic hydroxyl groups excluding tert-OH is 1. The van der Waals surface area contributed by atoms with E-state index in [1.54, 1.807) is 0 Å². The Morgan fingerprint density at radius 1 is 1.00 bits per heavy atom. The van der Waals surface area contributed by atoms with Gasteiger partial charge in [-0.3, -0.25) is 4.90 Å². The Balaban J connectivity index is 1.68. The van der Waals surface area contributed by atoms with Gasteiger partial charge in [-0.1, -0.05) is 26.7 Å². The molecule has 1 N–H and O–H groups in total. The minimum absolute atomic E-state index is 0.116. The molecule has 0 bridgehead atoms. The van der Waals surface area contributed by atoms with Crippen LogP contribution in [0.4, 0.5) is 0 Å². The zero-order chi connectivity index (χ0) is 12.0. The van der Waals surface area contributed by atoms with Crippen molar-refractivity contribution in [3.63, 3.8) is 0 Å². The molecular formula is C15H27NO. The van der Waals surface area contributed by atoms with Crippen molar-refractivity contribution in [3.05, 3.63) is 0 Å². The highest BCUT2D eigenvalue weighted by Gasteiger charge is 2.45. The van der Waals surface area contributed by atoms with E-state index in [-0.39, 0.29) is 11.5 Å². The van der Waals surface area contributed by atoms with Gasteiger partial charge in [-0.25, -0.2) is 0 Å². The summed E-state index contributed by atoms with van der Waals surface area (Å²) in [6, 6.07) is 0.448. The molecule has 1 aliphatic heterocycles. The first-order valence-corrected chi connectivity index (χ1v) is 7.50. The van der Waals surface area contributed by atoms with E-state index in [9.17, 15) is 5.11 Å². The highest BCUT2D eigenvalue weighted by atomic mass is 16.3. The van der Waals surface area contributed by atoms with Crippen LogP contribution < -0.4 is 0 Å². The van der Waals surface area contributed by atoms with E-state index in [2.05, 4.69) is 18.7 Å². The molecule has 2 heteroatoms. The molecule has 4 atom stereocenters. The number of hydrogen-bond acceptors (Lipinski definition) is 2. The molecule has 0 spiro atoms. The first-order chi connectivity index (χ1) is 8.08. The maximum atomic E-state index is 10.6. The standard InChI is InChI=1S/C15H27NO/c1-15(2)8-4-7-13(14(15)17)16-9-11-5-3-6-12(11)10-16/h11-14,17H,3-10H2,1-2H3. The minimum atomic E-state index is -0.116. The van der Waals surface area contributed by atoms with Crippen LogP contribution in [0.1, 0.15) is 52.4 Å². The van der Waals surface area contributed by atoms with Gasteiger partial charge in [-0.15, -0.1) is 0 Å². The Morgan fingerprint density at radius 2 is 1.65 bits per heavy atom. The number of hydrogen-bond donors (Lipinski definition) is 1. The number of rotatable bonds is 1. The SMILES string of the molecule is CC1(C)CCCC(N2CC3CCCC3C2)C1O. The number of fused-ring (bicyclic) bond motifs is 1. The Morgan fingerprint density at radius 3 is 2.29 bits per heavy atom. The third kappa shape index (κ3) is 2.04. The maximum absolute atomic E-state index is 10.6. The van der Waals surface area contributed by atoms with Crippen molar-refractivity contribution >= 4 is 0 Å². The average Bonchev–Trinajstić information content (AvgIpc) is 2.81. The number of nitrogens with zero attached hydrogens (tertiary/aromatic N) is 1. The van der Waals surface area contributed by atoms with Crippen LogP contribution in [0.25, 0.3) is 0 Å². The van der Waals surface area contributed by atoms with Crippen LogP contribution in [-0.4, -0.2) is 35.2 Å². The lowest BCUT2D eigenvalue weighted by molar-refractivity contribution is -0.0529. The van der Waals surface area contributed by atoms with Gasteiger partial charge in [-0.05, 0) is 42.9 Å². The minimum Gasteiger partial charge on any atom is -0.391 e. The van der Waals surface area contributed by atoms with Gasteiger partial charge in [0.25, 0.3) is 0 Å². The largest absolute Gasteiger partial charge is 0.391 e. The molecule has 2 nitrogen and oxygen atoms in total. The quantitative estimate of drug-likeness (QED) is 0.758. The van der Waals surface area contributed by atoms with Gasteiger partial charge in [0, 0.05) is 19.1 Å². The summed E-state index contributed by atoms with van der Waals surface area (Å²) in [6.07, 6.45) is 7.90. The topological polar surface area (TPSA) is 23.5 Å². The molecule has 1 heterocycles. The fourth-order valence-electron chi connectivity index (χ4n) is 4.52. The van der Waals surface area contributed by atoms with Crippen LogP contribution >= 0.6 is 0 Å². The lowest BCUT2D eigenvalue weighted by Crippen LogP contribution is -2.51. The number of aliphatic hydroxyl groups is 1. The van der Waals surface area contributed by atoms with Gasteiger partial charge >= 0.3 is 0 Å². The first kappa shape index (κ1) is 12.0. The van der Waals surface area contributed by atoms with Crippen LogP contribution in [-0.2, 0) is 0 Å². The average molecular weight is 237 g/mol. The van der Waals surface area contributed by atoms with Crippen molar-refractivity contribution in [3.8, 4) is 0 Å². The molecule has 1 saturated heterocycles. The Kier molecular flexibility index (Phi) is 2.99. The van der Waals surface area contributed by atoms with Crippen molar-refractivity contribution in [2.45, 2.75) is 64.5 Å². The van der Waals surface area contributed by atoms with Crippen LogP contribution in [0, 0.1) is 17.3 Å². The van der Waals surface area contributed by atoms with Crippen molar-refractivity contribution in [2.75, 3.05) is 13.1 Å². The second-order valence-corrected chi connectivity index (χ2v) is 7.30. The molecule has 17 heavy (non-hydrogen) atoms. The monoisotopic (exact) mass is 237 g/mol. The summed E-state index contributed by atoms with van der Waals surface area (Å²) < 4.78 is 0. The lowest BCUT2D eigenvalue weighted by Gasteiger charge is -2.44. The molecule has 2 aliphatic carbocycles. The third-order valence-corrected chi connectivity index (χ3v) is 5.71.